The maximum atomic E-state index is 5.52. The topological polar surface area (TPSA) is 46.2 Å². The standard InChI is InChI=1S/C21H21N3OS/c1-2-25-18-13-11-17(12-14-18)23-21(26)24-20(16-8-4-3-5-9-16)19-10-6-7-15-22-19/h3-15,20H,2H2,1H3,(H2,23,24,26). The van der Waals surface area contributed by atoms with Crippen LogP contribution in [-0.2, 0) is 0 Å². The predicted octanol–water partition coefficient (Wildman–Crippen LogP) is 4.56. The molecule has 26 heavy (non-hydrogen) atoms. The summed E-state index contributed by atoms with van der Waals surface area (Å²) in [5.41, 5.74) is 2.91. The number of pyridine rings is 1. The molecule has 0 aliphatic rings. The van der Waals surface area contributed by atoms with E-state index in [1.54, 1.807) is 6.20 Å². The van der Waals surface area contributed by atoms with Gasteiger partial charge in [-0.3, -0.25) is 4.98 Å². The van der Waals surface area contributed by atoms with E-state index in [2.05, 4.69) is 27.8 Å². The van der Waals surface area contributed by atoms with Crippen LogP contribution in [-0.4, -0.2) is 16.7 Å². The van der Waals surface area contributed by atoms with E-state index in [1.807, 2.05) is 67.6 Å². The van der Waals surface area contributed by atoms with Gasteiger partial charge >= 0.3 is 0 Å². The SMILES string of the molecule is CCOc1ccc(NC(=S)NC(c2ccccc2)c2ccccn2)cc1. The van der Waals surface area contributed by atoms with Crippen LogP contribution in [0.2, 0.25) is 0 Å². The van der Waals surface area contributed by atoms with Gasteiger partial charge in [0.25, 0.3) is 0 Å². The minimum absolute atomic E-state index is 0.125. The first-order chi connectivity index (χ1) is 12.8. The van der Waals surface area contributed by atoms with E-state index in [0.717, 1.165) is 22.7 Å². The molecule has 0 aliphatic heterocycles. The number of ether oxygens (including phenoxy) is 1. The molecular formula is C21H21N3OS. The van der Waals surface area contributed by atoms with Crippen molar-refractivity contribution in [3.63, 3.8) is 0 Å². The number of rotatable bonds is 6. The van der Waals surface area contributed by atoms with Gasteiger partial charge in [0, 0.05) is 11.9 Å². The highest BCUT2D eigenvalue weighted by atomic mass is 32.1. The van der Waals surface area contributed by atoms with Crippen molar-refractivity contribution in [2.75, 3.05) is 11.9 Å². The van der Waals surface area contributed by atoms with E-state index in [0.29, 0.717) is 11.7 Å². The molecule has 2 N–H and O–H groups in total. The van der Waals surface area contributed by atoms with Crippen LogP contribution < -0.4 is 15.4 Å². The number of aromatic nitrogens is 1. The highest BCUT2D eigenvalue weighted by Crippen LogP contribution is 2.21. The summed E-state index contributed by atoms with van der Waals surface area (Å²) in [6.07, 6.45) is 1.79. The molecule has 0 spiro atoms. The zero-order valence-corrected chi connectivity index (χ0v) is 15.4. The Hall–Kier alpha value is -2.92. The van der Waals surface area contributed by atoms with E-state index in [9.17, 15) is 0 Å². The van der Waals surface area contributed by atoms with Crippen LogP contribution in [0.1, 0.15) is 24.2 Å². The van der Waals surface area contributed by atoms with E-state index < -0.39 is 0 Å². The monoisotopic (exact) mass is 363 g/mol. The van der Waals surface area contributed by atoms with Gasteiger partial charge in [0.2, 0.25) is 0 Å². The van der Waals surface area contributed by atoms with Crippen molar-refractivity contribution in [3.8, 4) is 5.75 Å². The second kappa shape index (κ2) is 8.97. The first-order valence-electron chi connectivity index (χ1n) is 8.52. The zero-order chi connectivity index (χ0) is 18.2. The van der Waals surface area contributed by atoms with Crippen molar-refractivity contribution in [1.82, 2.24) is 10.3 Å². The van der Waals surface area contributed by atoms with Crippen LogP contribution >= 0.6 is 12.2 Å². The van der Waals surface area contributed by atoms with Gasteiger partial charge in [-0.05, 0) is 61.1 Å². The Morgan fingerprint density at radius 1 is 1.00 bits per heavy atom. The van der Waals surface area contributed by atoms with Gasteiger partial charge in [0.1, 0.15) is 5.75 Å². The van der Waals surface area contributed by atoms with E-state index in [-0.39, 0.29) is 6.04 Å². The highest BCUT2D eigenvalue weighted by molar-refractivity contribution is 7.80. The van der Waals surface area contributed by atoms with Gasteiger partial charge in [-0.2, -0.15) is 0 Å². The van der Waals surface area contributed by atoms with Crippen molar-refractivity contribution in [3.05, 3.63) is 90.3 Å². The van der Waals surface area contributed by atoms with Crippen molar-refractivity contribution in [2.45, 2.75) is 13.0 Å². The average molecular weight is 363 g/mol. The fourth-order valence-corrected chi connectivity index (χ4v) is 2.86. The van der Waals surface area contributed by atoms with Gasteiger partial charge in [0.15, 0.2) is 5.11 Å². The van der Waals surface area contributed by atoms with Crippen molar-refractivity contribution in [2.24, 2.45) is 0 Å². The lowest BCUT2D eigenvalue weighted by Crippen LogP contribution is -2.33. The van der Waals surface area contributed by atoms with Crippen LogP contribution in [0.5, 0.6) is 5.75 Å². The van der Waals surface area contributed by atoms with Crippen molar-refractivity contribution in [1.29, 1.82) is 0 Å². The molecule has 0 fully saturated rings. The summed E-state index contributed by atoms with van der Waals surface area (Å²) in [6, 6.07) is 23.6. The molecule has 1 aromatic heterocycles. The molecule has 0 bridgehead atoms. The smallest absolute Gasteiger partial charge is 0.171 e. The Bertz CT molecular complexity index is 783. The number of nitrogens with zero attached hydrogens (tertiary/aromatic N) is 1. The molecule has 0 aliphatic carbocycles. The molecule has 1 unspecified atom stereocenters. The Kier molecular flexibility index (Phi) is 6.17. The molecule has 5 heteroatoms. The quantitative estimate of drug-likeness (QED) is 0.629. The predicted molar refractivity (Wildman–Crippen MR) is 109 cm³/mol. The average Bonchev–Trinajstić information content (AvgIpc) is 2.69. The third-order valence-electron chi connectivity index (χ3n) is 3.82. The number of hydrogen-bond donors (Lipinski definition) is 2. The molecule has 132 valence electrons. The Balaban J connectivity index is 1.73. The summed E-state index contributed by atoms with van der Waals surface area (Å²) in [4.78, 5) is 4.48. The summed E-state index contributed by atoms with van der Waals surface area (Å²) in [6.45, 7) is 2.61. The summed E-state index contributed by atoms with van der Waals surface area (Å²) < 4.78 is 5.46. The van der Waals surface area contributed by atoms with Crippen molar-refractivity contribution >= 4 is 23.0 Å². The van der Waals surface area contributed by atoms with Crippen LogP contribution in [0.4, 0.5) is 5.69 Å². The number of hydrogen-bond acceptors (Lipinski definition) is 3. The Morgan fingerprint density at radius 3 is 2.38 bits per heavy atom. The summed E-state index contributed by atoms with van der Waals surface area (Å²) in [7, 11) is 0. The third-order valence-corrected chi connectivity index (χ3v) is 4.03. The van der Waals surface area contributed by atoms with Crippen molar-refractivity contribution < 1.29 is 4.74 Å². The van der Waals surface area contributed by atoms with E-state index in [4.69, 9.17) is 17.0 Å². The number of benzene rings is 2. The van der Waals surface area contributed by atoms with Gasteiger partial charge < -0.3 is 15.4 Å². The Labute approximate surface area is 159 Å². The lowest BCUT2D eigenvalue weighted by atomic mass is 10.0. The molecule has 1 heterocycles. The van der Waals surface area contributed by atoms with Gasteiger partial charge in [-0.25, -0.2) is 0 Å². The lowest BCUT2D eigenvalue weighted by molar-refractivity contribution is 0.340. The maximum Gasteiger partial charge on any atom is 0.171 e. The molecule has 3 aromatic rings. The summed E-state index contributed by atoms with van der Waals surface area (Å²) in [5.74, 6) is 0.840. The zero-order valence-electron chi connectivity index (χ0n) is 14.6. The Morgan fingerprint density at radius 2 is 1.73 bits per heavy atom. The molecule has 3 rings (SSSR count). The minimum atomic E-state index is -0.125. The fourth-order valence-electron chi connectivity index (χ4n) is 2.62. The second-order valence-electron chi connectivity index (χ2n) is 5.65. The third kappa shape index (κ3) is 4.80. The van der Waals surface area contributed by atoms with E-state index in [1.165, 1.54) is 0 Å². The largest absolute Gasteiger partial charge is 0.494 e. The molecule has 0 saturated heterocycles. The van der Waals surface area contributed by atoms with Crippen LogP contribution in [0.15, 0.2) is 79.0 Å². The summed E-state index contributed by atoms with van der Waals surface area (Å²) in [5, 5.41) is 7.12. The van der Waals surface area contributed by atoms with E-state index >= 15 is 0 Å². The number of thiocarbonyl (C=S) groups is 1. The van der Waals surface area contributed by atoms with Crippen LogP contribution in [0.25, 0.3) is 0 Å². The fraction of sp³-hybridized carbons (Fsp3) is 0.143. The molecular weight excluding hydrogens is 342 g/mol. The lowest BCUT2D eigenvalue weighted by Gasteiger charge is -2.21. The molecule has 0 amide bonds. The molecule has 0 radical (unpaired) electrons. The highest BCUT2D eigenvalue weighted by Gasteiger charge is 2.16. The summed E-state index contributed by atoms with van der Waals surface area (Å²) >= 11 is 5.52. The second-order valence-corrected chi connectivity index (χ2v) is 6.06. The first kappa shape index (κ1) is 17.9. The van der Waals surface area contributed by atoms with Crippen LogP contribution in [0, 0.1) is 0 Å². The molecule has 0 saturated carbocycles. The van der Waals surface area contributed by atoms with Gasteiger partial charge in [-0.1, -0.05) is 36.4 Å². The molecule has 4 nitrogen and oxygen atoms in total. The molecule has 2 aromatic carbocycles. The first-order valence-corrected chi connectivity index (χ1v) is 8.93. The van der Waals surface area contributed by atoms with Crippen LogP contribution in [0.3, 0.4) is 0 Å². The van der Waals surface area contributed by atoms with Gasteiger partial charge in [0.05, 0.1) is 18.3 Å². The van der Waals surface area contributed by atoms with Gasteiger partial charge in [-0.15, -0.1) is 0 Å². The normalized spacial score (nSPS) is 11.4. The number of nitrogens with one attached hydrogen (secondary N) is 2. The maximum absolute atomic E-state index is 5.52. The molecule has 1 atom stereocenters. The number of anilines is 1. The minimum Gasteiger partial charge on any atom is -0.494 e.